The molecule has 1 aliphatic rings. The van der Waals surface area contributed by atoms with E-state index in [1.807, 2.05) is 0 Å². The molecule has 0 saturated carbocycles. The molecule has 1 heterocycles. The molecule has 1 rings (SSSR count). The van der Waals surface area contributed by atoms with Crippen molar-refractivity contribution in [3.63, 3.8) is 0 Å². The second kappa shape index (κ2) is 11.7. The molecule has 10 nitrogen and oxygen atoms in total. The van der Waals surface area contributed by atoms with E-state index < -0.39 is 18.1 Å². The number of piperidine rings is 1. The number of esters is 1. The van der Waals surface area contributed by atoms with Gasteiger partial charge in [0.1, 0.15) is 12.1 Å². The van der Waals surface area contributed by atoms with Gasteiger partial charge in [-0.3, -0.25) is 19.3 Å². The maximum atomic E-state index is 11.8. The molecule has 2 amide bonds. The van der Waals surface area contributed by atoms with Crippen molar-refractivity contribution in [3.8, 4) is 0 Å². The summed E-state index contributed by atoms with van der Waals surface area (Å²) in [5, 5.41) is 7.13. The van der Waals surface area contributed by atoms with Crippen LogP contribution in [-0.2, 0) is 41.2 Å². The van der Waals surface area contributed by atoms with Crippen LogP contribution in [0, 0.1) is 0 Å². The van der Waals surface area contributed by atoms with Gasteiger partial charge in [0.05, 0.1) is 12.8 Å². The van der Waals surface area contributed by atoms with Crippen LogP contribution in [0.3, 0.4) is 0 Å². The number of carbonyl (C=O) groups excluding carboxylic acids is 3. The molecule has 0 aromatic carbocycles. The zero-order chi connectivity index (χ0) is 17.4. The fraction of sp³-hybridized carbons (Fsp3) is 0.667. The van der Waals surface area contributed by atoms with Crippen molar-refractivity contribution in [2.45, 2.75) is 18.5 Å². The van der Waals surface area contributed by atoms with E-state index >= 15 is 0 Å². The molecule has 0 aromatic heterocycles. The number of nitrogens with one attached hydrogen (secondary N) is 1. The third-order valence-electron chi connectivity index (χ3n) is 3.41. The van der Waals surface area contributed by atoms with Gasteiger partial charge >= 0.3 is 35.5 Å². The molecular formula is C12H19N4NaO6S. The molecule has 1 N–H and O–H groups in total. The summed E-state index contributed by atoms with van der Waals surface area (Å²) in [5.41, 5.74) is 0.347. The number of hydroxylamine groups is 2. The number of nitrogens with zero attached hydrogens (tertiary/aromatic N) is 3. The van der Waals surface area contributed by atoms with E-state index in [4.69, 9.17) is 9.57 Å². The van der Waals surface area contributed by atoms with E-state index in [0.717, 1.165) is 5.06 Å². The van der Waals surface area contributed by atoms with Gasteiger partial charge in [-0.05, 0) is 7.05 Å². The van der Waals surface area contributed by atoms with E-state index in [0.29, 0.717) is 12.1 Å². The Hall–Kier alpha value is -0.850. The average molecular weight is 370 g/mol. The van der Waals surface area contributed by atoms with Crippen LogP contribution < -0.4 is 34.9 Å². The number of methoxy groups -OCH3 is 1. The summed E-state index contributed by atoms with van der Waals surface area (Å²) < 4.78 is 9.32. The van der Waals surface area contributed by atoms with Crippen LogP contribution >= 0.6 is 0 Å². The summed E-state index contributed by atoms with van der Waals surface area (Å²) in [5.74, 6) is -0.808. The monoisotopic (exact) mass is 370 g/mol. The predicted molar refractivity (Wildman–Crippen MR) is 80.6 cm³/mol. The Morgan fingerprint density at radius 3 is 2.71 bits per heavy atom. The maximum absolute atomic E-state index is 11.8. The molecule has 1 unspecified atom stereocenters. The van der Waals surface area contributed by atoms with Crippen molar-refractivity contribution in [2.75, 3.05) is 34.4 Å². The largest absolute Gasteiger partial charge is 1.00 e. The number of likely N-dealkylation sites (tertiary alicyclic amines) is 1. The Morgan fingerprint density at radius 1 is 1.54 bits per heavy atom. The second-order valence-corrected chi connectivity index (χ2v) is 4.92. The molecule has 0 aliphatic carbocycles. The van der Waals surface area contributed by atoms with Crippen molar-refractivity contribution in [1.29, 1.82) is 0 Å². The molecule has 1 saturated heterocycles. The summed E-state index contributed by atoms with van der Waals surface area (Å²) >= 11 is 4.45. The summed E-state index contributed by atoms with van der Waals surface area (Å²) in [6, 6.07) is -1.22. The van der Waals surface area contributed by atoms with E-state index in [9.17, 15) is 14.4 Å². The molecule has 0 spiro atoms. The van der Waals surface area contributed by atoms with Crippen molar-refractivity contribution in [3.05, 3.63) is 0 Å². The Morgan fingerprint density at radius 2 is 2.21 bits per heavy atom. The van der Waals surface area contributed by atoms with Crippen LogP contribution in [0.4, 0.5) is 0 Å². The van der Waals surface area contributed by atoms with Gasteiger partial charge in [0, 0.05) is 20.0 Å². The van der Waals surface area contributed by atoms with Crippen LogP contribution in [0.2, 0.25) is 0 Å². The zero-order valence-corrected chi connectivity index (χ0v) is 16.9. The first-order chi connectivity index (χ1) is 11.0. The minimum Gasteiger partial charge on any atom is -0.590 e. The van der Waals surface area contributed by atoms with Crippen LogP contribution in [-0.4, -0.2) is 80.4 Å². The standard InChI is InChI=1S/C12H20N4O6S.Na/c1-13-11(18)6-21-14-8-4-9(12(19)20-3)15(2)5-10(8)16(7-17)22-23;/h7,9-10,23H,4-6H2,1-3H3,(H,13,18);/q;+1/p-1/b14-8-;/t9-,10?;/m0./s1. The van der Waals surface area contributed by atoms with E-state index in [1.54, 1.807) is 11.9 Å². The second-order valence-electron chi connectivity index (χ2n) is 4.77. The Kier molecular flexibility index (Phi) is 11.2. The first-order valence-electron chi connectivity index (χ1n) is 6.69. The SMILES string of the molecule is CNC(=O)CO/N=C1/C[C@@H](C(=O)OC)N(C)CC1N(C=O)O[S-].[Na+]. The smallest absolute Gasteiger partial charge is 0.590 e. The summed E-state index contributed by atoms with van der Waals surface area (Å²) in [6.07, 6.45) is 0.558. The minimum atomic E-state index is -0.638. The molecule has 0 radical (unpaired) electrons. The maximum Gasteiger partial charge on any atom is 1.00 e. The van der Waals surface area contributed by atoms with Crippen LogP contribution in [0.1, 0.15) is 6.42 Å². The number of hydrogen-bond acceptors (Lipinski definition) is 9. The molecule has 24 heavy (non-hydrogen) atoms. The number of rotatable bonds is 7. The first kappa shape index (κ1) is 23.1. The summed E-state index contributed by atoms with van der Waals surface area (Å²) in [7, 11) is 4.44. The van der Waals surface area contributed by atoms with Gasteiger partial charge in [0.25, 0.3) is 5.91 Å². The van der Waals surface area contributed by atoms with E-state index in [2.05, 4.69) is 27.7 Å². The van der Waals surface area contributed by atoms with Crippen LogP contribution in [0.15, 0.2) is 5.16 Å². The Bertz CT molecular complexity index is 480. The summed E-state index contributed by atoms with van der Waals surface area (Å²) in [6.45, 7) is -0.0570. The number of carbonyl (C=O) groups is 3. The number of likely N-dealkylation sites (N-methyl/N-ethyl adjacent to an activating group) is 2. The topological polar surface area (TPSA) is 110 Å². The number of ether oxygens (including phenoxy) is 1. The van der Waals surface area contributed by atoms with Gasteiger partial charge in [-0.1, -0.05) is 5.16 Å². The molecule has 130 valence electrons. The molecule has 2 atom stereocenters. The Labute approximate surface area is 167 Å². The van der Waals surface area contributed by atoms with Gasteiger partial charge in [-0.25, -0.2) is 5.06 Å². The van der Waals surface area contributed by atoms with Crippen molar-refractivity contribution in [1.82, 2.24) is 15.3 Å². The van der Waals surface area contributed by atoms with Crippen LogP contribution in [0.25, 0.3) is 0 Å². The van der Waals surface area contributed by atoms with Crippen molar-refractivity contribution in [2.24, 2.45) is 5.16 Å². The van der Waals surface area contributed by atoms with Crippen LogP contribution in [0.5, 0.6) is 0 Å². The summed E-state index contributed by atoms with van der Waals surface area (Å²) in [4.78, 5) is 40.7. The van der Waals surface area contributed by atoms with Crippen molar-refractivity contribution >= 4 is 36.9 Å². The fourth-order valence-electron chi connectivity index (χ4n) is 2.11. The van der Waals surface area contributed by atoms with Gasteiger partial charge in [-0.2, -0.15) is 0 Å². The predicted octanol–water partition coefficient (Wildman–Crippen LogP) is -4.79. The van der Waals surface area contributed by atoms with Gasteiger partial charge < -0.3 is 32.1 Å². The molecule has 1 aliphatic heterocycles. The van der Waals surface area contributed by atoms with E-state index in [-0.39, 0.29) is 55.0 Å². The minimum absolute atomic E-state index is 0. The molecule has 12 heteroatoms. The first-order valence-corrected chi connectivity index (χ1v) is 7.02. The number of hydrogen-bond donors (Lipinski definition) is 1. The molecule has 0 aromatic rings. The van der Waals surface area contributed by atoms with Gasteiger partial charge in [0.15, 0.2) is 6.61 Å². The zero-order valence-electron chi connectivity index (χ0n) is 14.1. The Balaban J connectivity index is 0.00000529. The van der Waals surface area contributed by atoms with Gasteiger partial charge in [0.2, 0.25) is 6.41 Å². The number of oxime groups is 1. The average Bonchev–Trinajstić information content (AvgIpc) is 2.56. The van der Waals surface area contributed by atoms with Gasteiger partial charge in [-0.15, -0.1) is 0 Å². The molecule has 0 bridgehead atoms. The number of amides is 2. The van der Waals surface area contributed by atoms with Crippen molar-refractivity contribution < 1.29 is 57.8 Å². The normalized spacial score (nSPS) is 22.2. The van der Waals surface area contributed by atoms with E-state index in [1.165, 1.54) is 14.2 Å². The fourth-order valence-corrected chi connectivity index (χ4v) is 2.25. The quantitative estimate of drug-likeness (QED) is 0.156. The molecular weight excluding hydrogens is 351 g/mol. The molecule has 1 fully saturated rings. The third-order valence-corrected chi connectivity index (χ3v) is 3.58. The third kappa shape index (κ3) is 6.22.